The Bertz CT molecular complexity index is 1470. The normalized spacial score (nSPS) is 19.6. The number of imidazole rings is 1. The van der Waals surface area contributed by atoms with Gasteiger partial charge in [0.05, 0.1) is 24.0 Å². The van der Waals surface area contributed by atoms with Crippen LogP contribution in [0.15, 0.2) is 18.3 Å². The molecule has 0 aromatic carbocycles. The number of fused-ring (bicyclic) bond motifs is 2. The lowest BCUT2D eigenvalue weighted by Gasteiger charge is -2.45. The summed E-state index contributed by atoms with van der Waals surface area (Å²) in [6.45, 7) is 4.53. The van der Waals surface area contributed by atoms with Gasteiger partial charge in [-0.05, 0) is 38.8 Å². The molecule has 0 saturated heterocycles. The van der Waals surface area contributed by atoms with E-state index in [1.54, 1.807) is 26.1 Å². The maximum absolute atomic E-state index is 15.3. The maximum atomic E-state index is 15.3. The summed E-state index contributed by atoms with van der Waals surface area (Å²) in [6.07, 6.45) is 0.0440. The Labute approximate surface area is 204 Å². The number of amides is 1. The summed E-state index contributed by atoms with van der Waals surface area (Å²) in [7, 11) is 1.66. The Kier molecular flexibility index (Phi) is 5.72. The van der Waals surface area contributed by atoms with Gasteiger partial charge in [-0.3, -0.25) is 4.79 Å². The van der Waals surface area contributed by atoms with E-state index in [4.69, 9.17) is 0 Å². The average Bonchev–Trinajstić information content (AvgIpc) is 3.26. The second-order valence-electron chi connectivity index (χ2n) is 9.37. The molecule has 0 aliphatic heterocycles. The van der Waals surface area contributed by atoms with Gasteiger partial charge in [-0.25, -0.2) is 27.7 Å². The van der Waals surface area contributed by atoms with Crippen molar-refractivity contribution in [2.75, 3.05) is 17.7 Å². The van der Waals surface area contributed by atoms with E-state index in [0.717, 1.165) is 0 Å². The smallest absolute Gasteiger partial charge is 0.256 e. The van der Waals surface area contributed by atoms with Gasteiger partial charge >= 0.3 is 0 Å². The number of nitrogens with zero attached hydrogens (tertiary/aromatic N) is 6. The van der Waals surface area contributed by atoms with Crippen LogP contribution in [0.5, 0.6) is 0 Å². The molecule has 0 bridgehead atoms. The summed E-state index contributed by atoms with van der Waals surface area (Å²) in [5.41, 5.74) is 1.18. The number of hydrogen-bond donors (Lipinski definition) is 3. The molecule has 36 heavy (non-hydrogen) atoms. The first-order valence-electron chi connectivity index (χ1n) is 11.5. The molecule has 0 spiro atoms. The fourth-order valence-electron chi connectivity index (χ4n) is 4.98. The summed E-state index contributed by atoms with van der Waals surface area (Å²) >= 11 is 0. The molecule has 1 amide bonds. The Hall–Kier alpha value is -3.90. The van der Waals surface area contributed by atoms with Gasteiger partial charge in [-0.15, -0.1) is 5.10 Å². The second kappa shape index (κ2) is 8.64. The van der Waals surface area contributed by atoms with E-state index in [1.165, 1.54) is 22.2 Å². The van der Waals surface area contributed by atoms with Crippen LogP contribution in [0.1, 0.15) is 32.5 Å². The van der Waals surface area contributed by atoms with E-state index >= 15 is 4.39 Å². The Morgan fingerprint density at radius 2 is 2.00 bits per heavy atom. The van der Waals surface area contributed by atoms with Crippen LogP contribution in [0.25, 0.3) is 27.9 Å². The van der Waals surface area contributed by atoms with E-state index < -0.39 is 18.8 Å². The lowest BCUT2D eigenvalue weighted by atomic mass is 9.74. The molecule has 190 valence electrons. The highest BCUT2D eigenvalue weighted by molar-refractivity contribution is 5.89. The molecule has 4 heterocycles. The van der Waals surface area contributed by atoms with E-state index in [9.17, 15) is 13.6 Å². The van der Waals surface area contributed by atoms with Crippen LogP contribution < -0.4 is 16.0 Å². The molecule has 1 aliphatic rings. The number of carbonyl (C=O) groups is 1. The largest absolute Gasteiger partial charge is 0.371 e. The zero-order chi connectivity index (χ0) is 25.8. The minimum absolute atomic E-state index is 0.0475. The van der Waals surface area contributed by atoms with Crippen LogP contribution in [0.4, 0.5) is 24.9 Å². The molecule has 1 fully saturated rings. The van der Waals surface area contributed by atoms with Crippen LogP contribution in [0.3, 0.4) is 0 Å². The number of nitrogens with one attached hydrogen (secondary N) is 3. The molecular formula is C23H26F3N9O. The number of aryl methyl sites for hydroxylation is 1. The first kappa shape index (κ1) is 23.8. The number of halogens is 3. The third-order valence-corrected chi connectivity index (χ3v) is 6.39. The molecule has 3 N–H and O–H groups in total. The Balaban J connectivity index is 1.51. The van der Waals surface area contributed by atoms with Gasteiger partial charge in [0.2, 0.25) is 11.9 Å². The predicted molar refractivity (Wildman–Crippen MR) is 129 cm³/mol. The first-order valence-corrected chi connectivity index (χ1v) is 11.5. The SMILES string of the molecule is CNc1nc(NC2CC(C)(NC(C)=O)C2)nn2cc(F)c(-c3ccc4nc(C)n(CC(F)F)c4n3)c12. The van der Waals surface area contributed by atoms with Crippen molar-refractivity contribution in [2.45, 2.75) is 58.2 Å². The molecule has 1 aliphatic carbocycles. The predicted octanol–water partition coefficient (Wildman–Crippen LogP) is 3.36. The van der Waals surface area contributed by atoms with Crippen LogP contribution in [-0.2, 0) is 11.3 Å². The van der Waals surface area contributed by atoms with Gasteiger partial charge in [0.15, 0.2) is 17.3 Å². The van der Waals surface area contributed by atoms with Crippen LogP contribution in [0, 0.1) is 12.7 Å². The van der Waals surface area contributed by atoms with Gasteiger partial charge < -0.3 is 20.5 Å². The van der Waals surface area contributed by atoms with Gasteiger partial charge in [-0.1, -0.05) is 0 Å². The van der Waals surface area contributed by atoms with Crippen LogP contribution in [-0.4, -0.2) is 60.1 Å². The number of anilines is 2. The monoisotopic (exact) mass is 501 g/mol. The molecular weight excluding hydrogens is 475 g/mol. The summed E-state index contributed by atoms with van der Waals surface area (Å²) < 4.78 is 44.2. The third kappa shape index (κ3) is 4.18. The highest BCUT2D eigenvalue weighted by Gasteiger charge is 2.41. The quantitative estimate of drug-likeness (QED) is 0.356. The zero-order valence-corrected chi connectivity index (χ0v) is 20.2. The lowest BCUT2D eigenvalue weighted by Crippen LogP contribution is -2.59. The Morgan fingerprint density at radius 3 is 2.67 bits per heavy atom. The topological polar surface area (TPSA) is 114 Å². The molecule has 1 saturated carbocycles. The van der Waals surface area contributed by atoms with E-state index in [2.05, 4.69) is 36.0 Å². The van der Waals surface area contributed by atoms with Crippen molar-refractivity contribution < 1.29 is 18.0 Å². The number of pyridine rings is 1. The van der Waals surface area contributed by atoms with Crippen molar-refractivity contribution in [1.82, 2.24) is 34.4 Å². The highest BCUT2D eigenvalue weighted by atomic mass is 19.3. The maximum Gasteiger partial charge on any atom is 0.256 e. The van der Waals surface area contributed by atoms with Crippen LogP contribution >= 0.6 is 0 Å². The zero-order valence-electron chi connectivity index (χ0n) is 20.2. The first-order chi connectivity index (χ1) is 17.1. The van der Waals surface area contributed by atoms with Crippen molar-refractivity contribution in [3.05, 3.63) is 30.0 Å². The third-order valence-electron chi connectivity index (χ3n) is 6.39. The van der Waals surface area contributed by atoms with Gasteiger partial charge in [0.1, 0.15) is 16.9 Å². The van der Waals surface area contributed by atoms with Crippen LogP contribution in [0.2, 0.25) is 0 Å². The van der Waals surface area contributed by atoms with Gasteiger partial charge in [-0.2, -0.15) is 4.98 Å². The lowest BCUT2D eigenvalue weighted by molar-refractivity contribution is -0.121. The number of alkyl halides is 2. The molecule has 10 nitrogen and oxygen atoms in total. The molecule has 0 atom stereocenters. The molecule has 0 unspecified atom stereocenters. The standard InChI is InChI=1S/C23H26F3N9O/c1-11-28-16-6-5-15(30-21(16)34(11)10-17(25)26)18-14(24)9-35-19(18)20(27-4)31-22(33-35)29-13-7-23(3,8-13)32-12(2)36/h5-6,9,13,17H,7-8,10H2,1-4H3,(H,32,36)(H2,27,29,31,33). The fourth-order valence-corrected chi connectivity index (χ4v) is 4.98. The van der Waals surface area contributed by atoms with Crippen molar-refractivity contribution >= 4 is 34.4 Å². The summed E-state index contributed by atoms with van der Waals surface area (Å²) in [4.78, 5) is 24.7. The number of aromatic nitrogens is 6. The van der Waals surface area contributed by atoms with E-state index in [-0.39, 0.29) is 34.4 Å². The molecule has 5 rings (SSSR count). The average molecular weight is 502 g/mol. The van der Waals surface area contributed by atoms with Gasteiger partial charge in [0, 0.05) is 25.6 Å². The van der Waals surface area contributed by atoms with Crippen molar-refractivity contribution in [1.29, 1.82) is 0 Å². The minimum atomic E-state index is -2.58. The fraction of sp³-hybridized carbons (Fsp3) is 0.435. The molecule has 4 aromatic heterocycles. The second-order valence-corrected chi connectivity index (χ2v) is 9.37. The summed E-state index contributed by atoms with van der Waals surface area (Å²) in [5.74, 6) is 0.411. The summed E-state index contributed by atoms with van der Waals surface area (Å²) in [5, 5.41) is 13.6. The van der Waals surface area contributed by atoms with E-state index in [1.807, 2.05) is 6.92 Å². The van der Waals surface area contributed by atoms with Crippen molar-refractivity contribution in [3.8, 4) is 11.3 Å². The van der Waals surface area contributed by atoms with Gasteiger partial charge in [0.25, 0.3) is 6.43 Å². The Morgan fingerprint density at radius 1 is 1.25 bits per heavy atom. The number of hydrogen-bond acceptors (Lipinski definition) is 7. The number of rotatable bonds is 7. The van der Waals surface area contributed by atoms with Crippen molar-refractivity contribution in [2.24, 2.45) is 0 Å². The highest BCUT2D eigenvalue weighted by Crippen LogP contribution is 2.36. The molecule has 0 radical (unpaired) electrons. The molecule has 4 aromatic rings. The van der Waals surface area contributed by atoms with E-state index in [0.29, 0.717) is 41.5 Å². The minimum Gasteiger partial charge on any atom is -0.371 e. The molecule has 13 heteroatoms. The summed E-state index contributed by atoms with van der Waals surface area (Å²) in [6, 6.07) is 3.28. The number of carbonyl (C=O) groups excluding carboxylic acids is 1. The van der Waals surface area contributed by atoms with Crippen molar-refractivity contribution in [3.63, 3.8) is 0 Å².